The summed E-state index contributed by atoms with van der Waals surface area (Å²) in [6.45, 7) is 3.15. The van der Waals surface area contributed by atoms with Crippen LogP contribution in [0.5, 0.6) is 5.75 Å². The molecule has 2 amide bonds. The number of benzene rings is 2. The van der Waals surface area contributed by atoms with Crippen LogP contribution in [-0.2, 0) is 19.4 Å². The molecule has 3 heterocycles. The maximum absolute atomic E-state index is 13.9. The van der Waals surface area contributed by atoms with Gasteiger partial charge >= 0.3 is 6.03 Å². The fourth-order valence-electron chi connectivity index (χ4n) is 5.38. The Balaban J connectivity index is 1.46. The van der Waals surface area contributed by atoms with Gasteiger partial charge in [0, 0.05) is 27.3 Å². The van der Waals surface area contributed by atoms with Crippen LogP contribution in [0.1, 0.15) is 53.1 Å². The number of hydrogen-bond donors (Lipinski definition) is 1. The highest BCUT2D eigenvalue weighted by Gasteiger charge is 2.36. The van der Waals surface area contributed by atoms with Crippen LogP contribution in [0.3, 0.4) is 0 Å². The van der Waals surface area contributed by atoms with Crippen molar-refractivity contribution in [2.75, 3.05) is 11.9 Å². The van der Waals surface area contributed by atoms with E-state index in [1.165, 1.54) is 33.8 Å². The van der Waals surface area contributed by atoms with Gasteiger partial charge in [0.25, 0.3) is 0 Å². The quantitative estimate of drug-likeness (QED) is 0.303. The first-order chi connectivity index (χ1) is 17.6. The molecule has 184 valence electrons. The predicted octanol–water partition coefficient (Wildman–Crippen LogP) is 7.61. The SMILES string of the molecule is CCOc1ccc([C@@H]2c3cccn3-c3sc4c(c3CN2C(=O)Nc2ccc(Cl)cc2)CCCC4)cc1. The van der Waals surface area contributed by atoms with Crippen LogP contribution in [-0.4, -0.2) is 22.1 Å². The van der Waals surface area contributed by atoms with Crippen LogP contribution in [0.4, 0.5) is 10.5 Å². The fraction of sp³-hybridized carbons (Fsp3) is 0.276. The minimum atomic E-state index is -0.248. The number of fused-ring (bicyclic) bond motifs is 5. The number of amides is 2. The maximum atomic E-state index is 13.9. The number of aromatic nitrogens is 1. The molecule has 36 heavy (non-hydrogen) atoms. The van der Waals surface area contributed by atoms with Crippen LogP contribution in [0.25, 0.3) is 5.00 Å². The number of carbonyl (C=O) groups excluding carboxylic acids is 1. The molecule has 0 saturated heterocycles. The highest BCUT2D eigenvalue weighted by Crippen LogP contribution is 2.44. The zero-order valence-corrected chi connectivity index (χ0v) is 21.7. The molecule has 2 aromatic carbocycles. The first-order valence-electron chi connectivity index (χ1n) is 12.5. The van der Waals surface area contributed by atoms with Gasteiger partial charge in [-0.1, -0.05) is 23.7 Å². The second kappa shape index (κ2) is 9.68. The molecule has 1 N–H and O–H groups in total. The van der Waals surface area contributed by atoms with Crippen LogP contribution in [0.15, 0.2) is 66.9 Å². The standard InChI is InChI=1S/C29H28ClN3O2S/c1-2-35-22-15-9-19(10-16-22)27-25-7-5-17-32(25)28-24(23-6-3-4-8-26(23)36-28)18-33(27)29(34)31-21-13-11-20(30)12-14-21/h5,7,9-17,27H,2-4,6,8,18H2,1H3,(H,31,34)/t27-/m1/s1. The third kappa shape index (κ3) is 4.18. The Morgan fingerprint density at radius 3 is 2.61 bits per heavy atom. The monoisotopic (exact) mass is 517 g/mol. The number of hydrogen-bond acceptors (Lipinski definition) is 3. The lowest BCUT2D eigenvalue weighted by Gasteiger charge is -2.31. The molecular formula is C29H28ClN3O2S. The van der Waals surface area contributed by atoms with E-state index in [9.17, 15) is 4.79 Å². The molecule has 1 atom stereocenters. The zero-order chi connectivity index (χ0) is 24.6. The molecule has 0 radical (unpaired) electrons. The summed E-state index contributed by atoms with van der Waals surface area (Å²) in [6.07, 6.45) is 6.79. The second-order valence-electron chi connectivity index (χ2n) is 9.27. The first-order valence-corrected chi connectivity index (χ1v) is 13.7. The van der Waals surface area contributed by atoms with Gasteiger partial charge in [-0.2, -0.15) is 0 Å². The molecule has 4 aromatic rings. The summed E-state index contributed by atoms with van der Waals surface area (Å²) in [5.41, 5.74) is 5.59. The van der Waals surface area contributed by atoms with Crippen LogP contribution < -0.4 is 10.1 Å². The second-order valence-corrected chi connectivity index (χ2v) is 10.8. The Bertz CT molecular complexity index is 1390. The molecule has 1 aliphatic heterocycles. The van der Waals surface area contributed by atoms with Gasteiger partial charge in [-0.3, -0.25) is 0 Å². The predicted molar refractivity (Wildman–Crippen MR) is 146 cm³/mol. The van der Waals surface area contributed by atoms with Gasteiger partial charge in [0.05, 0.1) is 24.9 Å². The summed E-state index contributed by atoms with van der Waals surface area (Å²) in [6, 6.07) is 19.2. The topological polar surface area (TPSA) is 46.5 Å². The summed E-state index contributed by atoms with van der Waals surface area (Å²) in [5, 5.41) is 5.01. The van der Waals surface area contributed by atoms with Crippen molar-refractivity contribution in [1.29, 1.82) is 0 Å². The lowest BCUT2D eigenvalue weighted by molar-refractivity contribution is 0.194. The van der Waals surface area contributed by atoms with Crippen molar-refractivity contribution < 1.29 is 9.53 Å². The Hall–Kier alpha value is -3.22. The van der Waals surface area contributed by atoms with Crippen molar-refractivity contribution in [1.82, 2.24) is 9.47 Å². The van der Waals surface area contributed by atoms with Crippen molar-refractivity contribution in [3.8, 4) is 10.8 Å². The molecule has 0 bridgehead atoms. The van der Waals surface area contributed by atoms with Crippen molar-refractivity contribution in [3.05, 3.63) is 99.1 Å². The van der Waals surface area contributed by atoms with Crippen molar-refractivity contribution in [2.45, 2.75) is 45.2 Å². The summed E-state index contributed by atoms with van der Waals surface area (Å²) in [7, 11) is 0. The molecule has 2 aliphatic rings. The lowest BCUT2D eigenvalue weighted by atomic mass is 9.95. The molecular weight excluding hydrogens is 490 g/mol. The van der Waals surface area contributed by atoms with Gasteiger partial charge in [-0.25, -0.2) is 4.79 Å². The maximum Gasteiger partial charge on any atom is 0.322 e. The van der Waals surface area contributed by atoms with Crippen molar-refractivity contribution in [3.63, 3.8) is 0 Å². The fourth-order valence-corrected chi connectivity index (χ4v) is 6.91. The minimum absolute atomic E-state index is 0.132. The van der Waals surface area contributed by atoms with Gasteiger partial charge in [0.15, 0.2) is 0 Å². The minimum Gasteiger partial charge on any atom is -0.494 e. The third-order valence-corrected chi connectivity index (χ3v) is 8.63. The third-order valence-electron chi connectivity index (χ3n) is 7.04. The Kier molecular flexibility index (Phi) is 6.23. The van der Waals surface area contributed by atoms with Crippen LogP contribution >= 0.6 is 22.9 Å². The van der Waals surface area contributed by atoms with Gasteiger partial charge in [-0.05, 0) is 92.3 Å². The Morgan fingerprint density at radius 2 is 1.83 bits per heavy atom. The summed E-state index contributed by atoms with van der Waals surface area (Å²) in [5.74, 6) is 0.829. The number of rotatable bonds is 4. The molecule has 0 spiro atoms. The lowest BCUT2D eigenvalue weighted by Crippen LogP contribution is -2.38. The normalized spacial score (nSPS) is 16.5. The van der Waals surface area contributed by atoms with E-state index in [0.717, 1.165) is 35.5 Å². The number of ether oxygens (including phenoxy) is 1. The van der Waals surface area contributed by atoms with E-state index in [0.29, 0.717) is 18.2 Å². The average molecular weight is 518 g/mol. The van der Waals surface area contributed by atoms with E-state index in [2.05, 4.69) is 40.3 Å². The van der Waals surface area contributed by atoms with Gasteiger partial charge in [0.1, 0.15) is 10.8 Å². The van der Waals surface area contributed by atoms with E-state index < -0.39 is 0 Å². The summed E-state index contributed by atoms with van der Waals surface area (Å²) >= 11 is 7.97. The van der Waals surface area contributed by atoms with Crippen molar-refractivity contribution >= 4 is 34.7 Å². The number of anilines is 1. The smallest absolute Gasteiger partial charge is 0.322 e. The van der Waals surface area contributed by atoms with Crippen LogP contribution in [0, 0.1) is 0 Å². The zero-order valence-electron chi connectivity index (χ0n) is 20.2. The number of halogens is 1. The molecule has 7 heteroatoms. The molecule has 2 aromatic heterocycles. The number of nitrogens with one attached hydrogen (secondary N) is 1. The number of urea groups is 1. The molecule has 0 saturated carbocycles. The summed E-state index contributed by atoms with van der Waals surface area (Å²) in [4.78, 5) is 17.4. The van der Waals surface area contributed by atoms with Crippen molar-refractivity contribution in [2.24, 2.45) is 0 Å². The highest BCUT2D eigenvalue weighted by molar-refractivity contribution is 7.15. The first kappa shape index (κ1) is 23.2. The van der Waals surface area contributed by atoms with E-state index in [1.54, 1.807) is 12.1 Å². The van der Waals surface area contributed by atoms with E-state index in [1.807, 2.05) is 47.4 Å². The number of aryl methyl sites for hydroxylation is 1. The average Bonchev–Trinajstić information content (AvgIpc) is 3.48. The van der Waals surface area contributed by atoms with E-state index in [4.69, 9.17) is 16.3 Å². The molecule has 5 nitrogen and oxygen atoms in total. The number of carbonyl (C=O) groups is 1. The largest absolute Gasteiger partial charge is 0.494 e. The number of nitrogens with zero attached hydrogens (tertiary/aromatic N) is 2. The Labute approximate surface area is 220 Å². The molecule has 0 unspecified atom stereocenters. The van der Waals surface area contributed by atoms with Gasteiger partial charge in [-0.15, -0.1) is 11.3 Å². The van der Waals surface area contributed by atoms with Gasteiger partial charge < -0.3 is 19.5 Å². The molecule has 6 rings (SSSR count). The van der Waals surface area contributed by atoms with Gasteiger partial charge in [0.2, 0.25) is 0 Å². The summed E-state index contributed by atoms with van der Waals surface area (Å²) < 4.78 is 7.98. The Morgan fingerprint density at radius 1 is 1.06 bits per heavy atom. The molecule has 0 fully saturated rings. The number of thiophene rings is 1. The van der Waals surface area contributed by atoms with E-state index >= 15 is 0 Å². The highest BCUT2D eigenvalue weighted by atomic mass is 35.5. The van der Waals surface area contributed by atoms with Crippen LogP contribution in [0.2, 0.25) is 5.02 Å². The molecule has 1 aliphatic carbocycles. The van der Waals surface area contributed by atoms with E-state index in [-0.39, 0.29) is 12.1 Å².